The number of rotatable bonds is 3. The molecule has 0 aromatic heterocycles. The first-order chi connectivity index (χ1) is 10.1. The lowest BCUT2D eigenvalue weighted by atomic mass is 9.97. The molecule has 1 aliphatic heterocycles. The minimum Gasteiger partial charge on any atom is -0.319 e. The van der Waals surface area contributed by atoms with E-state index in [9.17, 15) is 13.6 Å². The predicted octanol–water partition coefficient (Wildman–Crippen LogP) is 2.97. The van der Waals surface area contributed by atoms with Crippen LogP contribution in [0, 0.1) is 17.6 Å². The van der Waals surface area contributed by atoms with E-state index in [0.29, 0.717) is 11.5 Å². The lowest BCUT2D eigenvalue weighted by molar-refractivity contribution is -0.131. The molecule has 2 fully saturated rings. The highest BCUT2D eigenvalue weighted by molar-refractivity contribution is 5.81. The molecule has 114 valence electrons. The fraction of sp³-hybridized carbons (Fsp3) is 0.562. The van der Waals surface area contributed by atoms with Gasteiger partial charge in [0.15, 0.2) is 0 Å². The van der Waals surface area contributed by atoms with Crippen LogP contribution in [0.2, 0.25) is 0 Å². The molecule has 3 nitrogen and oxygen atoms in total. The van der Waals surface area contributed by atoms with Crippen molar-refractivity contribution in [2.45, 2.75) is 44.8 Å². The molecule has 1 heterocycles. The highest BCUT2D eigenvalue weighted by atomic mass is 19.1. The molecule has 0 radical (unpaired) electrons. The van der Waals surface area contributed by atoms with E-state index in [1.165, 1.54) is 25.0 Å². The van der Waals surface area contributed by atoms with Crippen LogP contribution in [0.5, 0.6) is 0 Å². The second kappa shape index (κ2) is 5.72. The van der Waals surface area contributed by atoms with Crippen molar-refractivity contribution in [3.8, 4) is 0 Å². The summed E-state index contributed by atoms with van der Waals surface area (Å²) in [5.41, 5.74) is 0.340. The van der Waals surface area contributed by atoms with E-state index in [0.717, 1.165) is 18.9 Å². The van der Waals surface area contributed by atoms with Crippen LogP contribution >= 0.6 is 0 Å². The Hall–Kier alpha value is -1.49. The summed E-state index contributed by atoms with van der Waals surface area (Å²) in [7, 11) is 0. The third-order valence-electron chi connectivity index (χ3n) is 4.79. The maximum Gasteiger partial charge on any atom is 0.238 e. The Morgan fingerprint density at radius 3 is 2.67 bits per heavy atom. The van der Waals surface area contributed by atoms with Crippen molar-refractivity contribution in [3.63, 3.8) is 0 Å². The molecule has 2 aliphatic rings. The molecular weight excluding hydrogens is 274 g/mol. The molecule has 1 aromatic rings. The quantitative estimate of drug-likeness (QED) is 0.929. The lowest BCUT2D eigenvalue weighted by Crippen LogP contribution is -2.41. The molecule has 1 amide bonds. The Kier molecular flexibility index (Phi) is 3.93. The van der Waals surface area contributed by atoms with E-state index < -0.39 is 17.8 Å². The summed E-state index contributed by atoms with van der Waals surface area (Å²) < 4.78 is 27.1. The van der Waals surface area contributed by atoms with Crippen LogP contribution < -0.4 is 5.32 Å². The maximum absolute atomic E-state index is 14.0. The van der Waals surface area contributed by atoms with Crippen LogP contribution in [0.15, 0.2) is 18.2 Å². The van der Waals surface area contributed by atoms with Crippen LogP contribution in [-0.4, -0.2) is 23.4 Å². The minimum atomic E-state index is -0.606. The molecule has 1 saturated heterocycles. The van der Waals surface area contributed by atoms with Gasteiger partial charge in [0.1, 0.15) is 17.8 Å². The largest absolute Gasteiger partial charge is 0.319 e. The van der Waals surface area contributed by atoms with Crippen molar-refractivity contribution in [2.75, 3.05) is 6.54 Å². The average molecular weight is 294 g/mol. The van der Waals surface area contributed by atoms with Gasteiger partial charge in [-0.15, -0.1) is 0 Å². The Balaban J connectivity index is 1.88. The third kappa shape index (κ3) is 2.67. The van der Waals surface area contributed by atoms with Gasteiger partial charge in [0.05, 0.1) is 6.54 Å². The average Bonchev–Trinajstić information content (AvgIpc) is 3.08. The van der Waals surface area contributed by atoms with E-state index in [-0.39, 0.29) is 18.5 Å². The molecule has 0 spiro atoms. The van der Waals surface area contributed by atoms with Crippen molar-refractivity contribution in [1.82, 2.24) is 10.2 Å². The van der Waals surface area contributed by atoms with E-state index >= 15 is 0 Å². The van der Waals surface area contributed by atoms with Crippen LogP contribution in [0.1, 0.15) is 44.3 Å². The van der Waals surface area contributed by atoms with Gasteiger partial charge in [0.25, 0.3) is 0 Å². The molecular formula is C16H20F2N2O. The standard InChI is InChI=1S/C16H20F2N2O/c1-10(11-4-2-3-5-11)20-15(21)9-19-16(20)13-7-6-12(17)8-14(13)18/h6-8,10-11,16,19H,2-5,9H2,1H3. The van der Waals surface area contributed by atoms with Gasteiger partial charge in [-0.1, -0.05) is 12.8 Å². The van der Waals surface area contributed by atoms with Crippen LogP contribution in [-0.2, 0) is 4.79 Å². The summed E-state index contributed by atoms with van der Waals surface area (Å²) in [4.78, 5) is 13.9. The molecule has 1 saturated carbocycles. The molecule has 0 bridgehead atoms. The monoisotopic (exact) mass is 294 g/mol. The highest BCUT2D eigenvalue weighted by Crippen LogP contribution is 2.35. The lowest BCUT2D eigenvalue weighted by Gasteiger charge is -2.34. The summed E-state index contributed by atoms with van der Waals surface area (Å²) in [5, 5.41) is 3.05. The molecule has 1 aliphatic carbocycles. The Bertz CT molecular complexity index is 543. The third-order valence-corrected chi connectivity index (χ3v) is 4.79. The van der Waals surface area contributed by atoms with Crippen molar-refractivity contribution in [3.05, 3.63) is 35.4 Å². The van der Waals surface area contributed by atoms with E-state index in [1.807, 2.05) is 6.92 Å². The molecule has 2 unspecified atom stereocenters. The molecule has 2 atom stereocenters. The molecule has 1 aromatic carbocycles. The smallest absolute Gasteiger partial charge is 0.238 e. The first kappa shape index (κ1) is 14.4. The normalized spacial score (nSPS) is 24.8. The van der Waals surface area contributed by atoms with Gasteiger partial charge in [-0.05, 0) is 37.8 Å². The van der Waals surface area contributed by atoms with Crippen molar-refractivity contribution < 1.29 is 13.6 Å². The molecule has 1 N–H and O–H groups in total. The summed E-state index contributed by atoms with van der Waals surface area (Å²) >= 11 is 0. The van der Waals surface area contributed by atoms with Crippen molar-refractivity contribution in [1.29, 1.82) is 0 Å². The molecule has 3 rings (SSSR count). The summed E-state index contributed by atoms with van der Waals surface area (Å²) in [5.74, 6) is -0.746. The second-order valence-electron chi connectivity index (χ2n) is 6.04. The number of nitrogens with one attached hydrogen (secondary N) is 1. The van der Waals surface area contributed by atoms with Gasteiger partial charge < -0.3 is 4.90 Å². The second-order valence-corrected chi connectivity index (χ2v) is 6.04. The number of benzene rings is 1. The number of carbonyl (C=O) groups excluding carboxylic acids is 1. The number of hydrogen-bond donors (Lipinski definition) is 1. The Labute approximate surface area is 123 Å². The number of carbonyl (C=O) groups is 1. The van der Waals surface area contributed by atoms with Gasteiger partial charge in [-0.2, -0.15) is 0 Å². The predicted molar refractivity (Wildman–Crippen MR) is 75.4 cm³/mol. The number of nitrogens with zero attached hydrogens (tertiary/aromatic N) is 1. The van der Waals surface area contributed by atoms with Crippen LogP contribution in [0.25, 0.3) is 0 Å². The fourth-order valence-electron chi connectivity index (χ4n) is 3.63. The van der Waals surface area contributed by atoms with E-state index in [2.05, 4.69) is 5.32 Å². The summed E-state index contributed by atoms with van der Waals surface area (Å²) in [6.45, 7) is 2.24. The van der Waals surface area contributed by atoms with Gasteiger partial charge in [0.2, 0.25) is 5.91 Å². The first-order valence-corrected chi connectivity index (χ1v) is 7.57. The number of halogens is 2. The number of hydrogen-bond acceptors (Lipinski definition) is 2. The van der Waals surface area contributed by atoms with E-state index in [1.54, 1.807) is 4.90 Å². The zero-order valence-electron chi connectivity index (χ0n) is 12.1. The fourth-order valence-corrected chi connectivity index (χ4v) is 3.63. The number of amides is 1. The Morgan fingerprint density at radius 2 is 2.00 bits per heavy atom. The maximum atomic E-state index is 14.0. The topological polar surface area (TPSA) is 32.3 Å². The molecule has 5 heteroatoms. The van der Waals surface area contributed by atoms with Crippen molar-refractivity contribution in [2.24, 2.45) is 5.92 Å². The van der Waals surface area contributed by atoms with Crippen LogP contribution in [0.4, 0.5) is 8.78 Å². The van der Waals surface area contributed by atoms with Crippen LogP contribution in [0.3, 0.4) is 0 Å². The zero-order chi connectivity index (χ0) is 15.0. The Morgan fingerprint density at radius 1 is 1.29 bits per heavy atom. The van der Waals surface area contributed by atoms with Gasteiger partial charge in [-0.3, -0.25) is 10.1 Å². The van der Waals surface area contributed by atoms with Crippen molar-refractivity contribution >= 4 is 5.91 Å². The van der Waals surface area contributed by atoms with Gasteiger partial charge in [0, 0.05) is 17.7 Å². The zero-order valence-corrected chi connectivity index (χ0v) is 12.1. The highest BCUT2D eigenvalue weighted by Gasteiger charge is 2.39. The summed E-state index contributed by atoms with van der Waals surface area (Å²) in [6, 6.07) is 3.61. The summed E-state index contributed by atoms with van der Waals surface area (Å²) in [6.07, 6.45) is 4.13. The minimum absolute atomic E-state index is 0.0110. The molecule has 21 heavy (non-hydrogen) atoms. The SMILES string of the molecule is CC(C1CCCC1)N1C(=O)CNC1c1ccc(F)cc1F. The van der Waals surface area contributed by atoms with Gasteiger partial charge >= 0.3 is 0 Å². The first-order valence-electron chi connectivity index (χ1n) is 7.57. The van der Waals surface area contributed by atoms with Gasteiger partial charge in [-0.25, -0.2) is 8.78 Å². The van der Waals surface area contributed by atoms with E-state index in [4.69, 9.17) is 0 Å².